The minimum Gasteiger partial charge on any atom is -0.496 e. The van der Waals surface area contributed by atoms with E-state index in [4.69, 9.17) is 15.2 Å². The van der Waals surface area contributed by atoms with Gasteiger partial charge in [0.15, 0.2) is 0 Å². The monoisotopic (exact) mass is 234 g/mol. The Labute approximate surface area is 101 Å². The Morgan fingerprint density at radius 3 is 2.35 bits per heavy atom. The first-order valence-corrected chi connectivity index (χ1v) is 5.58. The first-order chi connectivity index (χ1) is 8.08. The lowest BCUT2D eigenvalue weighted by Gasteiger charge is -2.15. The van der Waals surface area contributed by atoms with E-state index < -0.39 is 0 Å². The SMILES string of the molecule is COc1cc(OC)c2cc(C)[nH]c2c1C(C)N. The molecular formula is C13H18N2O2. The van der Waals surface area contributed by atoms with Gasteiger partial charge in [-0.25, -0.2) is 0 Å². The number of rotatable bonds is 3. The molecular weight excluding hydrogens is 216 g/mol. The van der Waals surface area contributed by atoms with Crippen molar-refractivity contribution in [3.05, 3.63) is 23.4 Å². The lowest BCUT2D eigenvalue weighted by Crippen LogP contribution is -2.08. The van der Waals surface area contributed by atoms with Crippen LogP contribution in [0.25, 0.3) is 10.9 Å². The highest BCUT2D eigenvalue weighted by Gasteiger charge is 2.17. The molecule has 0 saturated heterocycles. The molecule has 2 aromatic rings. The summed E-state index contributed by atoms with van der Waals surface area (Å²) < 4.78 is 10.8. The Morgan fingerprint density at radius 2 is 1.82 bits per heavy atom. The number of nitrogens with two attached hydrogens (primary N) is 1. The lowest BCUT2D eigenvalue weighted by atomic mass is 10.0. The molecule has 1 aromatic carbocycles. The Balaban J connectivity index is 2.85. The van der Waals surface area contributed by atoms with Crippen LogP contribution in [0.15, 0.2) is 12.1 Å². The Kier molecular flexibility index (Phi) is 2.98. The second-order valence-electron chi connectivity index (χ2n) is 4.22. The van der Waals surface area contributed by atoms with Crippen LogP contribution in [0.3, 0.4) is 0 Å². The number of methoxy groups -OCH3 is 2. The summed E-state index contributed by atoms with van der Waals surface area (Å²) in [5.41, 5.74) is 9.07. The number of aromatic amines is 1. The number of benzene rings is 1. The maximum atomic E-state index is 6.02. The van der Waals surface area contributed by atoms with Gasteiger partial charge >= 0.3 is 0 Å². The van der Waals surface area contributed by atoms with E-state index in [2.05, 4.69) is 11.1 Å². The Hall–Kier alpha value is -1.68. The van der Waals surface area contributed by atoms with Crippen LogP contribution < -0.4 is 15.2 Å². The molecule has 0 aliphatic heterocycles. The second kappa shape index (κ2) is 4.30. The molecule has 0 aliphatic carbocycles. The highest BCUT2D eigenvalue weighted by atomic mass is 16.5. The van der Waals surface area contributed by atoms with Crippen molar-refractivity contribution in [3.8, 4) is 11.5 Å². The van der Waals surface area contributed by atoms with Crippen molar-refractivity contribution in [3.63, 3.8) is 0 Å². The Bertz CT molecular complexity index is 544. The zero-order valence-corrected chi connectivity index (χ0v) is 10.6. The van der Waals surface area contributed by atoms with Crippen molar-refractivity contribution in [1.29, 1.82) is 0 Å². The minimum atomic E-state index is -0.101. The molecule has 17 heavy (non-hydrogen) atoms. The van der Waals surface area contributed by atoms with Gasteiger partial charge in [-0.2, -0.15) is 0 Å². The van der Waals surface area contributed by atoms with Crippen molar-refractivity contribution in [2.24, 2.45) is 5.73 Å². The zero-order valence-electron chi connectivity index (χ0n) is 10.6. The number of aryl methyl sites for hydroxylation is 1. The molecule has 1 aromatic heterocycles. The number of H-pyrrole nitrogens is 1. The van der Waals surface area contributed by atoms with Gasteiger partial charge in [0.25, 0.3) is 0 Å². The highest BCUT2D eigenvalue weighted by molar-refractivity contribution is 5.91. The molecule has 0 amide bonds. The van der Waals surface area contributed by atoms with Crippen molar-refractivity contribution < 1.29 is 9.47 Å². The van der Waals surface area contributed by atoms with Gasteiger partial charge in [-0.15, -0.1) is 0 Å². The maximum Gasteiger partial charge on any atom is 0.131 e. The van der Waals surface area contributed by atoms with E-state index in [0.29, 0.717) is 0 Å². The van der Waals surface area contributed by atoms with E-state index in [1.807, 2.05) is 19.9 Å². The van der Waals surface area contributed by atoms with Crippen molar-refractivity contribution in [1.82, 2.24) is 4.98 Å². The Morgan fingerprint density at radius 1 is 1.18 bits per heavy atom. The van der Waals surface area contributed by atoms with E-state index >= 15 is 0 Å². The van der Waals surface area contributed by atoms with Crippen LogP contribution in [0.1, 0.15) is 24.2 Å². The number of nitrogens with one attached hydrogen (secondary N) is 1. The molecule has 1 atom stereocenters. The molecule has 0 aliphatic rings. The first kappa shape index (κ1) is 11.8. The van der Waals surface area contributed by atoms with E-state index in [0.717, 1.165) is 33.7 Å². The first-order valence-electron chi connectivity index (χ1n) is 5.58. The average molecular weight is 234 g/mol. The van der Waals surface area contributed by atoms with Crippen LogP contribution in [-0.4, -0.2) is 19.2 Å². The summed E-state index contributed by atoms with van der Waals surface area (Å²) in [6.07, 6.45) is 0. The maximum absolute atomic E-state index is 6.02. The van der Waals surface area contributed by atoms with Crippen LogP contribution in [0.5, 0.6) is 11.5 Å². The number of hydrogen-bond donors (Lipinski definition) is 2. The summed E-state index contributed by atoms with van der Waals surface area (Å²) in [6, 6.07) is 3.84. The molecule has 0 radical (unpaired) electrons. The number of ether oxygens (including phenoxy) is 2. The largest absolute Gasteiger partial charge is 0.496 e. The summed E-state index contributed by atoms with van der Waals surface area (Å²) >= 11 is 0. The van der Waals surface area contributed by atoms with Crippen LogP contribution in [0.4, 0.5) is 0 Å². The van der Waals surface area contributed by atoms with Gasteiger partial charge in [0, 0.05) is 28.8 Å². The molecule has 4 nitrogen and oxygen atoms in total. The van der Waals surface area contributed by atoms with Crippen LogP contribution in [0, 0.1) is 6.92 Å². The lowest BCUT2D eigenvalue weighted by molar-refractivity contribution is 0.393. The van der Waals surface area contributed by atoms with Crippen LogP contribution in [0.2, 0.25) is 0 Å². The van der Waals surface area contributed by atoms with E-state index in [9.17, 15) is 0 Å². The molecule has 0 spiro atoms. The van der Waals surface area contributed by atoms with Gasteiger partial charge in [0.1, 0.15) is 11.5 Å². The number of aromatic nitrogens is 1. The van der Waals surface area contributed by atoms with Gasteiger partial charge < -0.3 is 20.2 Å². The molecule has 4 heteroatoms. The summed E-state index contributed by atoms with van der Waals surface area (Å²) in [5, 5.41) is 1.04. The fraction of sp³-hybridized carbons (Fsp3) is 0.385. The third-order valence-corrected chi connectivity index (χ3v) is 2.91. The molecule has 3 N–H and O–H groups in total. The van der Waals surface area contributed by atoms with Crippen molar-refractivity contribution in [2.45, 2.75) is 19.9 Å². The second-order valence-corrected chi connectivity index (χ2v) is 4.22. The topological polar surface area (TPSA) is 60.3 Å². The fourth-order valence-corrected chi connectivity index (χ4v) is 2.18. The van der Waals surface area contributed by atoms with Gasteiger partial charge in [0.05, 0.1) is 19.7 Å². The summed E-state index contributed by atoms with van der Waals surface area (Å²) in [7, 11) is 3.30. The summed E-state index contributed by atoms with van der Waals surface area (Å²) in [6.45, 7) is 3.96. The summed E-state index contributed by atoms with van der Waals surface area (Å²) in [4.78, 5) is 3.32. The predicted molar refractivity (Wildman–Crippen MR) is 68.7 cm³/mol. The predicted octanol–water partition coefficient (Wildman–Crippen LogP) is 2.51. The molecule has 0 fully saturated rings. The molecule has 92 valence electrons. The minimum absolute atomic E-state index is 0.101. The molecule has 1 unspecified atom stereocenters. The standard InChI is InChI=1S/C13H18N2O2/c1-7-5-9-10(16-3)6-11(17-4)12(8(2)14)13(9)15-7/h5-6,8,15H,14H2,1-4H3. The van der Waals surface area contributed by atoms with Crippen molar-refractivity contribution >= 4 is 10.9 Å². The van der Waals surface area contributed by atoms with Crippen LogP contribution >= 0.6 is 0 Å². The zero-order chi connectivity index (χ0) is 12.6. The fourth-order valence-electron chi connectivity index (χ4n) is 2.18. The van der Waals surface area contributed by atoms with Gasteiger partial charge in [-0.3, -0.25) is 0 Å². The van der Waals surface area contributed by atoms with Crippen molar-refractivity contribution in [2.75, 3.05) is 14.2 Å². The van der Waals surface area contributed by atoms with E-state index in [1.165, 1.54) is 0 Å². The molecule has 0 bridgehead atoms. The quantitative estimate of drug-likeness (QED) is 0.857. The number of fused-ring (bicyclic) bond motifs is 1. The molecule has 2 rings (SSSR count). The van der Waals surface area contributed by atoms with Crippen LogP contribution in [-0.2, 0) is 0 Å². The van der Waals surface area contributed by atoms with Gasteiger partial charge in [-0.05, 0) is 19.9 Å². The summed E-state index contributed by atoms with van der Waals surface area (Å²) in [5.74, 6) is 1.55. The van der Waals surface area contributed by atoms with E-state index in [-0.39, 0.29) is 6.04 Å². The third kappa shape index (κ3) is 1.85. The molecule has 0 saturated carbocycles. The van der Waals surface area contributed by atoms with Gasteiger partial charge in [-0.1, -0.05) is 0 Å². The average Bonchev–Trinajstić information content (AvgIpc) is 2.67. The third-order valence-electron chi connectivity index (χ3n) is 2.91. The highest BCUT2D eigenvalue weighted by Crippen LogP contribution is 2.38. The smallest absolute Gasteiger partial charge is 0.131 e. The van der Waals surface area contributed by atoms with E-state index in [1.54, 1.807) is 14.2 Å². The van der Waals surface area contributed by atoms with Gasteiger partial charge in [0.2, 0.25) is 0 Å². The normalized spacial score (nSPS) is 12.8. The number of hydrogen-bond acceptors (Lipinski definition) is 3. The molecule has 1 heterocycles.